The molecule has 2 N–H and O–H groups in total. The van der Waals surface area contributed by atoms with E-state index in [0.717, 1.165) is 22.9 Å². The molecule has 152 valence electrons. The Balaban J connectivity index is 1.56. The van der Waals surface area contributed by atoms with Crippen molar-refractivity contribution in [3.8, 4) is 11.3 Å². The largest absolute Gasteiger partial charge is 0.331 e. The number of hydrogen-bond acceptors (Lipinski definition) is 6. The van der Waals surface area contributed by atoms with Gasteiger partial charge >= 0.3 is 0 Å². The van der Waals surface area contributed by atoms with Crippen LogP contribution in [0, 0.1) is 12.7 Å². The summed E-state index contributed by atoms with van der Waals surface area (Å²) < 4.78 is 41.0. The number of benzene rings is 2. The van der Waals surface area contributed by atoms with Crippen molar-refractivity contribution in [3.63, 3.8) is 0 Å². The van der Waals surface area contributed by atoms with E-state index in [1.807, 2.05) is 24.4 Å². The van der Waals surface area contributed by atoms with Crippen molar-refractivity contribution in [2.75, 3.05) is 10.0 Å². The summed E-state index contributed by atoms with van der Waals surface area (Å²) in [7, 11) is -3.91. The lowest BCUT2D eigenvalue weighted by atomic mass is 10.2. The summed E-state index contributed by atoms with van der Waals surface area (Å²) >= 11 is 1.44. The van der Waals surface area contributed by atoms with E-state index in [-0.39, 0.29) is 4.90 Å². The molecule has 0 fully saturated rings. The van der Waals surface area contributed by atoms with Crippen molar-refractivity contribution in [3.05, 3.63) is 83.8 Å². The molecule has 9 heteroatoms. The molecule has 0 radical (unpaired) electrons. The van der Waals surface area contributed by atoms with Crippen LogP contribution in [0.2, 0.25) is 0 Å². The molecule has 0 aliphatic heterocycles. The van der Waals surface area contributed by atoms with Crippen molar-refractivity contribution in [2.24, 2.45) is 0 Å². The molecule has 0 unspecified atom stereocenters. The number of hydrogen-bond donors (Lipinski definition) is 2. The molecule has 0 atom stereocenters. The second-order valence-corrected chi connectivity index (χ2v) is 9.04. The molecule has 2 aromatic carbocycles. The summed E-state index contributed by atoms with van der Waals surface area (Å²) in [6.07, 6.45) is 3.45. The van der Waals surface area contributed by atoms with E-state index >= 15 is 0 Å². The highest BCUT2D eigenvalue weighted by Gasteiger charge is 2.16. The maximum absolute atomic E-state index is 13.4. The maximum atomic E-state index is 13.4. The molecule has 0 saturated carbocycles. The Kier molecular flexibility index (Phi) is 5.47. The maximum Gasteiger partial charge on any atom is 0.261 e. The van der Waals surface area contributed by atoms with E-state index in [0.29, 0.717) is 16.5 Å². The van der Waals surface area contributed by atoms with E-state index in [1.165, 1.54) is 29.5 Å². The van der Waals surface area contributed by atoms with Crippen LogP contribution in [0.1, 0.15) is 5.56 Å². The molecule has 2 heterocycles. The first-order chi connectivity index (χ1) is 14.4. The number of thiazole rings is 1. The van der Waals surface area contributed by atoms with Crippen molar-refractivity contribution >= 4 is 37.9 Å². The second kappa shape index (κ2) is 8.21. The van der Waals surface area contributed by atoms with Gasteiger partial charge < -0.3 is 5.32 Å². The van der Waals surface area contributed by atoms with E-state index in [9.17, 15) is 12.8 Å². The summed E-state index contributed by atoms with van der Waals surface area (Å²) in [6, 6.07) is 13.8. The lowest BCUT2D eigenvalue weighted by Gasteiger charge is -2.12. The summed E-state index contributed by atoms with van der Waals surface area (Å²) in [5, 5.41) is 5.82. The van der Waals surface area contributed by atoms with Gasteiger partial charge in [0, 0.05) is 29.0 Å². The standard InChI is InChI=1S/C21H17FN4O2S2/c1-14-7-8-17(26-30(27,28)18-6-2-5-16(22)10-18)11-19(14)24-21-25-20(13-29-21)15-4-3-9-23-12-15/h2-13,26H,1H3,(H,24,25). The van der Waals surface area contributed by atoms with Gasteiger partial charge in [0.05, 0.1) is 16.3 Å². The summed E-state index contributed by atoms with van der Waals surface area (Å²) in [5.74, 6) is -0.614. The van der Waals surface area contributed by atoms with Gasteiger partial charge in [0.1, 0.15) is 5.82 Å². The fourth-order valence-corrected chi connectivity index (χ4v) is 4.57. The molecular weight excluding hydrogens is 423 g/mol. The SMILES string of the molecule is Cc1ccc(NS(=O)(=O)c2cccc(F)c2)cc1Nc1nc(-c2cccnc2)cs1. The van der Waals surface area contributed by atoms with Crippen LogP contribution in [-0.2, 0) is 10.0 Å². The number of rotatable bonds is 6. The summed E-state index contributed by atoms with van der Waals surface area (Å²) in [6.45, 7) is 1.91. The predicted octanol–water partition coefficient (Wildman–Crippen LogP) is 5.20. The summed E-state index contributed by atoms with van der Waals surface area (Å²) in [5.41, 5.74) is 3.70. The Morgan fingerprint density at radius 2 is 1.93 bits per heavy atom. The Morgan fingerprint density at radius 3 is 2.70 bits per heavy atom. The van der Waals surface area contributed by atoms with Crippen molar-refractivity contribution in [1.82, 2.24) is 9.97 Å². The molecule has 0 amide bonds. The third-order valence-corrected chi connectivity index (χ3v) is 6.44. The number of aryl methyl sites for hydroxylation is 1. The minimum Gasteiger partial charge on any atom is -0.331 e. The molecule has 4 aromatic rings. The van der Waals surface area contributed by atoms with Crippen LogP contribution >= 0.6 is 11.3 Å². The van der Waals surface area contributed by atoms with Crippen LogP contribution in [0.15, 0.2) is 77.3 Å². The third kappa shape index (κ3) is 4.47. The van der Waals surface area contributed by atoms with Crippen molar-refractivity contribution < 1.29 is 12.8 Å². The minimum absolute atomic E-state index is 0.140. The predicted molar refractivity (Wildman–Crippen MR) is 117 cm³/mol. The van der Waals surface area contributed by atoms with Crippen LogP contribution in [0.5, 0.6) is 0 Å². The lowest BCUT2D eigenvalue weighted by molar-refractivity contribution is 0.595. The number of pyridine rings is 1. The minimum atomic E-state index is -3.91. The highest BCUT2D eigenvalue weighted by atomic mass is 32.2. The number of sulfonamides is 1. The van der Waals surface area contributed by atoms with Gasteiger partial charge in [0.25, 0.3) is 10.0 Å². The average molecular weight is 441 g/mol. The Bertz CT molecular complexity index is 1290. The molecule has 30 heavy (non-hydrogen) atoms. The first-order valence-corrected chi connectivity index (χ1v) is 11.3. The zero-order valence-electron chi connectivity index (χ0n) is 15.8. The lowest BCUT2D eigenvalue weighted by Crippen LogP contribution is -2.13. The zero-order chi connectivity index (χ0) is 21.1. The van der Waals surface area contributed by atoms with Crippen LogP contribution in [0.4, 0.5) is 20.9 Å². The van der Waals surface area contributed by atoms with E-state index in [1.54, 1.807) is 30.6 Å². The van der Waals surface area contributed by atoms with E-state index < -0.39 is 15.8 Å². The molecule has 2 aromatic heterocycles. The molecule has 6 nitrogen and oxygen atoms in total. The molecule has 4 rings (SSSR count). The normalized spacial score (nSPS) is 11.3. The van der Waals surface area contributed by atoms with Gasteiger partial charge in [-0.25, -0.2) is 17.8 Å². The van der Waals surface area contributed by atoms with Gasteiger partial charge in [-0.3, -0.25) is 9.71 Å². The highest BCUT2D eigenvalue weighted by Crippen LogP contribution is 2.30. The molecule has 0 spiro atoms. The first-order valence-electron chi connectivity index (χ1n) is 8.93. The van der Waals surface area contributed by atoms with Crippen LogP contribution in [0.3, 0.4) is 0 Å². The highest BCUT2D eigenvalue weighted by molar-refractivity contribution is 7.92. The van der Waals surface area contributed by atoms with Gasteiger partial charge in [0.2, 0.25) is 0 Å². The topological polar surface area (TPSA) is 84.0 Å². The zero-order valence-corrected chi connectivity index (χ0v) is 17.5. The fourth-order valence-electron chi connectivity index (χ4n) is 2.76. The third-order valence-electron chi connectivity index (χ3n) is 4.30. The Hall–Kier alpha value is -3.30. The number of nitrogens with one attached hydrogen (secondary N) is 2. The first kappa shape index (κ1) is 20.0. The summed E-state index contributed by atoms with van der Waals surface area (Å²) in [4.78, 5) is 8.53. The average Bonchev–Trinajstić information content (AvgIpc) is 3.20. The molecule has 0 aliphatic carbocycles. The van der Waals surface area contributed by atoms with Crippen molar-refractivity contribution in [1.29, 1.82) is 0 Å². The fraction of sp³-hybridized carbons (Fsp3) is 0.0476. The van der Waals surface area contributed by atoms with E-state index in [4.69, 9.17) is 0 Å². The van der Waals surface area contributed by atoms with E-state index in [2.05, 4.69) is 20.0 Å². The number of anilines is 3. The van der Waals surface area contributed by atoms with Gasteiger partial charge in [-0.1, -0.05) is 12.1 Å². The van der Waals surface area contributed by atoms with Gasteiger partial charge in [0.15, 0.2) is 5.13 Å². The Labute approximate surface area is 177 Å². The number of nitrogens with zero attached hydrogens (tertiary/aromatic N) is 2. The van der Waals surface area contributed by atoms with Gasteiger partial charge in [-0.15, -0.1) is 11.3 Å². The molecule has 0 bridgehead atoms. The van der Waals surface area contributed by atoms with Gasteiger partial charge in [-0.05, 0) is 55.0 Å². The smallest absolute Gasteiger partial charge is 0.261 e. The number of aromatic nitrogens is 2. The quantitative estimate of drug-likeness (QED) is 0.431. The van der Waals surface area contributed by atoms with Crippen LogP contribution in [0.25, 0.3) is 11.3 Å². The Morgan fingerprint density at radius 1 is 1.07 bits per heavy atom. The second-order valence-electron chi connectivity index (χ2n) is 6.50. The molecule has 0 saturated heterocycles. The monoisotopic (exact) mass is 440 g/mol. The van der Waals surface area contributed by atoms with Crippen LogP contribution in [-0.4, -0.2) is 18.4 Å². The molecule has 0 aliphatic rings. The van der Waals surface area contributed by atoms with Gasteiger partial charge in [-0.2, -0.15) is 0 Å². The number of halogens is 1. The van der Waals surface area contributed by atoms with Crippen molar-refractivity contribution in [2.45, 2.75) is 11.8 Å². The van der Waals surface area contributed by atoms with Crippen LogP contribution < -0.4 is 10.0 Å². The molecular formula is C21H17FN4O2S2.